The van der Waals surface area contributed by atoms with Crippen LogP contribution in [0.5, 0.6) is 0 Å². The van der Waals surface area contributed by atoms with Crippen LogP contribution in [0.2, 0.25) is 0 Å². The molecule has 0 bridgehead atoms. The van der Waals surface area contributed by atoms with E-state index in [9.17, 15) is 0 Å². The minimum absolute atomic E-state index is 0.869. The molecule has 1 aliphatic heterocycles. The number of hydrogen-bond donors (Lipinski definition) is 0. The van der Waals surface area contributed by atoms with Crippen LogP contribution in [0.1, 0.15) is 33.9 Å². The third kappa shape index (κ3) is 3.26. The van der Waals surface area contributed by atoms with Crippen molar-refractivity contribution in [2.24, 2.45) is 0 Å². The Bertz CT molecular complexity index is 1500. The van der Waals surface area contributed by atoms with Crippen LogP contribution in [0.4, 0.5) is 5.69 Å². The first-order chi connectivity index (χ1) is 19.4. The summed E-state index contributed by atoms with van der Waals surface area (Å²) in [6.07, 6.45) is 7.42. The van der Waals surface area contributed by atoms with Crippen LogP contribution in [0.15, 0.2) is 152 Å². The zero-order chi connectivity index (χ0) is 26.1. The summed E-state index contributed by atoms with van der Waals surface area (Å²) in [6, 6.07) is 43.4. The van der Waals surface area contributed by atoms with Crippen molar-refractivity contribution >= 4 is 5.69 Å². The summed E-state index contributed by atoms with van der Waals surface area (Å²) >= 11 is 0. The average molecular weight is 504 g/mol. The molecule has 0 amide bonds. The van der Waals surface area contributed by atoms with Crippen molar-refractivity contribution in [2.75, 3.05) is 4.90 Å². The van der Waals surface area contributed by atoms with Gasteiger partial charge < -0.3 is 4.90 Å². The van der Waals surface area contributed by atoms with E-state index in [4.69, 9.17) is 19.9 Å². The molecule has 186 valence electrons. The highest BCUT2D eigenvalue weighted by molar-refractivity contribution is 5.75. The standard InChI is InChI=1S/C34H25N5/c1-2-14-26(15-3-1)39-33(29-18-6-10-22-35-29,30-19-7-11-23-36-30)27-16-4-5-17-28(27)34(39,31-20-8-12-24-37-31)32-21-9-13-25-38-32/h1-25H. The second-order valence-electron chi connectivity index (χ2n) is 9.50. The van der Waals surface area contributed by atoms with E-state index in [0.717, 1.165) is 39.6 Å². The first kappa shape index (κ1) is 23.0. The molecule has 0 spiro atoms. The number of nitrogens with zero attached hydrogens (tertiary/aromatic N) is 5. The van der Waals surface area contributed by atoms with Crippen molar-refractivity contribution in [1.29, 1.82) is 0 Å². The third-order valence-corrected chi connectivity index (χ3v) is 7.53. The number of rotatable bonds is 5. The highest BCUT2D eigenvalue weighted by Crippen LogP contribution is 2.60. The lowest BCUT2D eigenvalue weighted by Crippen LogP contribution is -2.55. The summed E-state index contributed by atoms with van der Waals surface area (Å²) in [5, 5.41) is 0. The van der Waals surface area contributed by atoms with Gasteiger partial charge in [0.15, 0.2) is 11.1 Å². The highest BCUT2D eigenvalue weighted by atomic mass is 15.3. The van der Waals surface area contributed by atoms with Gasteiger partial charge in [-0.3, -0.25) is 19.9 Å². The van der Waals surface area contributed by atoms with E-state index in [-0.39, 0.29) is 0 Å². The maximum Gasteiger partial charge on any atom is 0.152 e. The van der Waals surface area contributed by atoms with Gasteiger partial charge in [0.25, 0.3) is 0 Å². The second kappa shape index (κ2) is 9.30. The maximum absolute atomic E-state index is 5.01. The lowest BCUT2D eigenvalue weighted by atomic mass is 9.81. The summed E-state index contributed by atoms with van der Waals surface area (Å²) in [4.78, 5) is 22.5. The number of fused-ring (bicyclic) bond motifs is 1. The number of pyridine rings is 4. The first-order valence-electron chi connectivity index (χ1n) is 13.0. The van der Waals surface area contributed by atoms with Crippen LogP contribution in [0, 0.1) is 0 Å². The zero-order valence-corrected chi connectivity index (χ0v) is 21.2. The smallest absolute Gasteiger partial charge is 0.152 e. The fourth-order valence-electron chi connectivity index (χ4n) is 6.15. The van der Waals surface area contributed by atoms with Gasteiger partial charge in [-0.15, -0.1) is 0 Å². The predicted octanol–water partition coefficient (Wildman–Crippen LogP) is 6.37. The van der Waals surface area contributed by atoms with Gasteiger partial charge in [0.1, 0.15) is 0 Å². The number of aromatic nitrogens is 4. The molecule has 0 radical (unpaired) electrons. The van der Waals surface area contributed by atoms with Gasteiger partial charge in [0.2, 0.25) is 0 Å². The van der Waals surface area contributed by atoms with Crippen LogP contribution in [-0.4, -0.2) is 19.9 Å². The van der Waals surface area contributed by atoms with Gasteiger partial charge >= 0.3 is 0 Å². The molecule has 1 aliphatic rings. The molecule has 5 heterocycles. The van der Waals surface area contributed by atoms with Crippen molar-refractivity contribution in [3.8, 4) is 0 Å². The van der Waals surface area contributed by atoms with Gasteiger partial charge in [-0.1, -0.05) is 66.7 Å². The van der Waals surface area contributed by atoms with Gasteiger partial charge in [-0.25, -0.2) is 0 Å². The Kier molecular flexibility index (Phi) is 5.48. The topological polar surface area (TPSA) is 54.8 Å². The van der Waals surface area contributed by atoms with Gasteiger partial charge in [0.05, 0.1) is 22.8 Å². The summed E-state index contributed by atoms with van der Waals surface area (Å²) in [7, 11) is 0. The molecule has 0 N–H and O–H groups in total. The Hall–Kier alpha value is -5.16. The Morgan fingerprint density at radius 3 is 1.03 bits per heavy atom. The van der Waals surface area contributed by atoms with Crippen LogP contribution in [-0.2, 0) is 11.1 Å². The molecule has 0 fully saturated rings. The maximum atomic E-state index is 5.01. The quantitative estimate of drug-likeness (QED) is 0.274. The fraction of sp³-hybridized carbons (Fsp3) is 0.0588. The SMILES string of the molecule is c1ccc(N2C(c3ccccn3)(c3ccccn3)c3ccccc3C2(c2ccccn2)c2ccccn2)cc1. The normalized spacial score (nSPS) is 15.0. The zero-order valence-electron chi connectivity index (χ0n) is 21.2. The molecule has 0 aliphatic carbocycles. The summed E-state index contributed by atoms with van der Waals surface area (Å²) in [5.41, 5.74) is 4.86. The largest absolute Gasteiger partial charge is 0.330 e. The minimum Gasteiger partial charge on any atom is -0.330 e. The molecule has 39 heavy (non-hydrogen) atoms. The van der Waals surface area contributed by atoms with Crippen LogP contribution < -0.4 is 4.90 Å². The molecule has 0 atom stereocenters. The van der Waals surface area contributed by atoms with E-state index in [1.807, 2.05) is 79.4 Å². The molecule has 4 aromatic heterocycles. The van der Waals surface area contributed by atoms with Crippen molar-refractivity contribution in [2.45, 2.75) is 11.1 Å². The lowest BCUT2D eigenvalue weighted by molar-refractivity contribution is 0.463. The van der Waals surface area contributed by atoms with Crippen molar-refractivity contribution in [3.63, 3.8) is 0 Å². The molecule has 0 unspecified atom stereocenters. The molecular weight excluding hydrogens is 478 g/mol. The van der Waals surface area contributed by atoms with Crippen LogP contribution in [0.3, 0.4) is 0 Å². The summed E-state index contributed by atoms with van der Waals surface area (Å²) < 4.78 is 0. The summed E-state index contributed by atoms with van der Waals surface area (Å²) in [5.74, 6) is 0. The van der Waals surface area contributed by atoms with Crippen molar-refractivity contribution in [1.82, 2.24) is 19.9 Å². The van der Waals surface area contributed by atoms with E-state index in [1.165, 1.54) is 0 Å². The molecule has 6 aromatic rings. The Morgan fingerprint density at radius 2 is 0.692 bits per heavy atom. The Balaban J connectivity index is 1.74. The number of hydrogen-bond acceptors (Lipinski definition) is 5. The van der Waals surface area contributed by atoms with E-state index < -0.39 is 11.1 Å². The first-order valence-corrected chi connectivity index (χ1v) is 13.0. The molecule has 2 aromatic carbocycles. The molecule has 5 nitrogen and oxygen atoms in total. The minimum atomic E-state index is -0.893. The third-order valence-electron chi connectivity index (χ3n) is 7.53. The fourth-order valence-corrected chi connectivity index (χ4v) is 6.15. The molecular formula is C34H25N5. The Labute approximate surface area is 227 Å². The van der Waals surface area contributed by atoms with E-state index in [1.54, 1.807) is 0 Å². The van der Waals surface area contributed by atoms with Crippen LogP contribution in [0.25, 0.3) is 0 Å². The Morgan fingerprint density at radius 1 is 0.359 bits per heavy atom. The van der Waals surface area contributed by atoms with Gasteiger partial charge in [0, 0.05) is 30.5 Å². The second-order valence-corrected chi connectivity index (χ2v) is 9.50. The van der Waals surface area contributed by atoms with Gasteiger partial charge in [-0.2, -0.15) is 0 Å². The average Bonchev–Trinajstić information content (AvgIpc) is 3.32. The molecule has 0 saturated heterocycles. The van der Waals surface area contributed by atoms with Crippen molar-refractivity contribution < 1.29 is 0 Å². The lowest BCUT2D eigenvalue weighted by Gasteiger charge is -2.48. The van der Waals surface area contributed by atoms with E-state index in [0.29, 0.717) is 0 Å². The monoisotopic (exact) mass is 503 g/mol. The number of para-hydroxylation sites is 1. The van der Waals surface area contributed by atoms with Gasteiger partial charge in [-0.05, 0) is 71.8 Å². The highest BCUT2D eigenvalue weighted by Gasteiger charge is 2.64. The molecule has 5 heteroatoms. The number of benzene rings is 2. The molecule has 0 saturated carbocycles. The van der Waals surface area contributed by atoms with E-state index in [2.05, 4.69) is 77.7 Å². The predicted molar refractivity (Wildman–Crippen MR) is 152 cm³/mol. The summed E-state index contributed by atoms with van der Waals surface area (Å²) in [6.45, 7) is 0. The molecule has 7 rings (SSSR count). The van der Waals surface area contributed by atoms with Crippen LogP contribution >= 0.6 is 0 Å². The van der Waals surface area contributed by atoms with E-state index >= 15 is 0 Å². The van der Waals surface area contributed by atoms with Crippen molar-refractivity contribution in [3.05, 3.63) is 186 Å². The number of anilines is 1.